The summed E-state index contributed by atoms with van der Waals surface area (Å²) in [5.74, 6) is -14.2. The second-order valence-corrected chi connectivity index (χ2v) is 41.1. The lowest BCUT2D eigenvalue weighted by atomic mass is 9.89. The van der Waals surface area contributed by atoms with Gasteiger partial charge in [-0.15, -0.1) is 0 Å². The minimum absolute atomic E-state index is 0.00118. The number of carbonyl (C=O) groups is 17. The molecule has 0 spiro atoms. The predicted octanol–water partition coefficient (Wildman–Crippen LogP) is 3.94. The van der Waals surface area contributed by atoms with Gasteiger partial charge < -0.3 is 138 Å². The number of esters is 1. The molecule has 796 valence electrons. The summed E-state index contributed by atoms with van der Waals surface area (Å²) < 4.78 is 62.5. The van der Waals surface area contributed by atoms with Gasteiger partial charge in [-0.05, 0) is 228 Å². The van der Waals surface area contributed by atoms with Crippen LogP contribution >= 0.6 is 0 Å². The number of aliphatic hydroxyl groups excluding tert-OH is 2. The van der Waals surface area contributed by atoms with Gasteiger partial charge in [0.15, 0.2) is 11.6 Å². The Morgan fingerprint density at radius 3 is 1.62 bits per heavy atom. The third-order valence-corrected chi connectivity index (χ3v) is 21.8. The van der Waals surface area contributed by atoms with Crippen molar-refractivity contribution in [3.8, 4) is 17.4 Å². The Labute approximate surface area is 834 Å². The van der Waals surface area contributed by atoms with E-state index >= 15 is 28.4 Å². The van der Waals surface area contributed by atoms with Crippen LogP contribution < -0.4 is 89.2 Å². The Morgan fingerprint density at radius 2 is 1.08 bits per heavy atom. The molecule has 2 bridgehead atoms. The van der Waals surface area contributed by atoms with Crippen LogP contribution in [0.15, 0.2) is 61.1 Å². The standard InChI is InChI=1S/C96H143FN20O27/c1-50-43-57-58(105-50)29-30-67(70(57)97)139-84-73-53(4)68(47-117(73)104-49-103-84)137-48-52(3)138-85(131)96(22,23)46-69(120)106-59(32-38-99-86(132)140-91(7,8)9)78(125)115-72(55(6)119)83(130)111-62(34-40-101-88(134)142-93(13,14)15)75(122)107-60-31-37-98-82(129)71(54(5)118)114-79(126)63(35-41-102-89(135)143-94(16,17)18)109-77(124)64-36-42-116(90(136)144-95(19,20)21)51(2)44-65(80(127)110-64)112-81(128)66(45-56-27-25-24-26-28-56)113-76(123)61(108-74(60)121)33-39-100-87(133)141-92(10,11)12/h24-30,43,47,49,51-52,54-55,59-66,71-72,105,118-119H,31-42,44-46,48H2,1-23H3,(H,98,129)(H,99,132)(H,100,133)(H,101,134)(H,102,135)(H,106,120)(H,107,122)(H,108,121)(H,109,124)(H,110,127)(H,111,130)(H,112,128)(H,113,123)(H,114,126)(H,115,125)/t51?,52-,54+,55+,59+,60-,61+,62+,63+,64+,65+,66+,71-,72+/m1/s1. The van der Waals surface area contributed by atoms with Crippen LogP contribution in [-0.2, 0) is 92.4 Å². The number of aryl methyl sites for hydroxylation is 2. The molecule has 2 fully saturated rings. The van der Waals surface area contributed by atoms with Crippen molar-refractivity contribution in [1.82, 2.24) is 104 Å². The number of rotatable bonds is 32. The van der Waals surface area contributed by atoms with E-state index in [-0.39, 0.29) is 49.8 Å². The molecule has 0 saturated carbocycles. The molecule has 144 heavy (non-hydrogen) atoms. The number of carbonyl (C=O) groups excluding carboxylic acids is 17. The van der Waals surface area contributed by atoms with E-state index in [1.807, 2.05) is 0 Å². The van der Waals surface area contributed by atoms with Crippen molar-refractivity contribution in [1.29, 1.82) is 0 Å². The van der Waals surface area contributed by atoms with E-state index < -0.39 is 297 Å². The molecule has 48 heteroatoms. The van der Waals surface area contributed by atoms with E-state index in [4.69, 9.17) is 37.9 Å². The van der Waals surface area contributed by atoms with Gasteiger partial charge in [0.25, 0.3) is 0 Å². The van der Waals surface area contributed by atoms with E-state index in [0.717, 1.165) is 19.5 Å². The average Bonchev–Trinajstić information content (AvgIpc) is 1.62. The SMILES string of the molecule is Cc1cc2c(F)c(Oc3ncnn4cc(OC[C@@H](C)OC(=O)C(C)(C)CC(=O)N[C@@H](CCNC(=O)OC(C)(C)C)C(=O)N[C@H](C(=O)N[C@@H](CCNC(=O)OC(C)(C)C)C(=O)N[C@@H]5CCNC(=O)[C@@H]([C@H](C)O)NC(=O)[C@H](CCNC(=O)OC(C)(C)C)NC(=O)[C@@H]6CCN(C(=O)OC(C)(C)C)C(C)C[C@H](NC(=O)[C@H](Cc7ccccc7)NC(=O)[C@H](CCNC(=O)OC(C)(C)C)NC5=O)C(=O)N6)[C@H](C)O)c(C)c34)ccc2[nH]1. The minimum Gasteiger partial charge on any atom is -0.488 e. The zero-order valence-electron chi connectivity index (χ0n) is 85.9. The van der Waals surface area contributed by atoms with Crippen molar-refractivity contribution < 1.29 is 134 Å². The minimum atomic E-state index is -2.10. The van der Waals surface area contributed by atoms with Gasteiger partial charge >= 0.3 is 36.4 Å². The Bertz CT molecular complexity index is 5380. The highest BCUT2D eigenvalue weighted by atomic mass is 19.1. The molecule has 2 aliphatic rings. The number of benzene rings is 2. The maximum absolute atomic E-state index is 15.7. The van der Waals surface area contributed by atoms with Crippen LogP contribution in [0.25, 0.3) is 16.4 Å². The zero-order chi connectivity index (χ0) is 108. The van der Waals surface area contributed by atoms with Crippen LogP contribution in [0.1, 0.15) is 214 Å². The van der Waals surface area contributed by atoms with Crippen molar-refractivity contribution in [3.63, 3.8) is 0 Å². The number of halogens is 1. The van der Waals surface area contributed by atoms with Gasteiger partial charge in [0.05, 0.1) is 23.8 Å². The molecule has 16 amide bonds. The number of aliphatic hydroxyl groups is 2. The summed E-state index contributed by atoms with van der Waals surface area (Å²) in [5.41, 5.74) is -4.46. The maximum Gasteiger partial charge on any atom is 0.410 e. The van der Waals surface area contributed by atoms with Crippen molar-refractivity contribution in [3.05, 3.63) is 83.7 Å². The number of ether oxygens (including phenoxy) is 8. The lowest BCUT2D eigenvalue weighted by molar-refractivity contribution is -0.162. The molecular weight excluding hydrogens is 1880 g/mol. The molecule has 3 aromatic heterocycles. The number of fused-ring (bicyclic) bond motifs is 5. The highest BCUT2D eigenvalue weighted by Crippen LogP contribution is 2.36. The van der Waals surface area contributed by atoms with Gasteiger partial charge in [-0.25, -0.2) is 32.9 Å². The molecule has 2 aromatic carbocycles. The average molecular weight is 2030 g/mol. The molecule has 0 radical (unpaired) electrons. The molecule has 1 unspecified atom stereocenters. The van der Waals surface area contributed by atoms with Gasteiger partial charge in [-0.1, -0.05) is 30.3 Å². The summed E-state index contributed by atoms with van der Waals surface area (Å²) in [7, 11) is 0. The number of amides is 16. The van der Waals surface area contributed by atoms with Gasteiger partial charge in [-0.2, -0.15) is 10.1 Å². The molecule has 7 rings (SSSR count). The Balaban J connectivity index is 1.23. The van der Waals surface area contributed by atoms with Crippen molar-refractivity contribution >= 4 is 118 Å². The van der Waals surface area contributed by atoms with Crippen molar-refractivity contribution in [2.45, 2.75) is 330 Å². The first kappa shape index (κ1) is 117. The first-order chi connectivity index (χ1) is 66.9. The molecule has 2 aliphatic heterocycles. The van der Waals surface area contributed by atoms with Gasteiger partial charge in [0.1, 0.15) is 119 Å². The molecule has 5 heterocycles. The van der Waals surface area contributed by atoms with E-state index in [1.165, 1.54) is 48.8 Å². The number of hydrogen-bond acceptors (Lipinski definition) is 29. The van der Waals surface area contributed by atoms with Crippen LogP contribution in [0, 0.1) is 25.1 Å². The maximum atomic E-state index is 15.7. The zero-order valence-corrected chi connectivity index (χ0v) is 85.9. The molecule has 47 nitrogen and oxygen atoms in total. The number of nitrogens with zero attached hydrogens (tertiary/aromatic N) is 4. The lowest BCUT2D eigenvalue weighted by Gasteiger charge is -2.33. The predicted molar refractivity (Wildman–Crippen MR) is 518 cm³/mol. The van der Waals surface area contributed by atoms with Gasteiger partial charge in [-0.3, -0.25) is 57.5 Å². The van der Waals surface area contributed by atoms with E-state index in [0.29, 0.717) is 27.5 Å². The van der Waals surface area contributed by atoms with Crippen molar-refractivity contribution in [2.24, 2.45) is 5.41 Å². The molecular formula is C96H143FN20O27. The summed E-state index contributed by atoms with van der Waals surface area (Å²) >= 11 is 0. The second kappa shape index (κ2) is 51.3. The molecule has 2 saturated heterocycles. The fraction of sp³-hybridized carbons (Fsp3) is 0.615. The van der Waals surface area contributed by atoms with Crippen LogP contribution in [0.4, 0.5) is 28.4 Å². The summed E-state index contributed by atoms with van der Waals surface area (Å²) in [6.07, 6.45) is -11.5. The third kappa shape index (κ3) is 38.1. The quantitative estimate of drug-likeness (QED) is 0.0214. The van der Waals surface area contributed by atoms with Crippen LogP contribution in [0.2, 0.25) is 0 Å². The lowest BCUT2D eigenvalue weighted by Crippen LogP contribution is -2.62. The number of alkyl carbamates (subject to hydrolysis) is 4. The van der Waals surface area contributed by atoms with Crippen LogP contribution in [0.5, 0.6) is 17.4 Å². The fourth-order valence-electron chi connectivity index (χ4n) is 14.7. The summed E-state index contributed by atoms with van der Waals surface area (Å²) in [4.78, 5) is 255. The second-order valence-electron chi connectivity index (χ2n) is 41.1. The van der Waals surface area contributed by atoms with Gasteiger partial charge in [0, 0.05) is 80.3 Å². The fourth-order valence-corrected chi connectivity index (χ4v) is 14.7. The van der Waals surface area contributed by atoms with Crippen LogP contribution in [0.3, 0.4) is 0 Å². The third-order valence-electron chi connectivity index (χ3n) is 21.8. The first-order valence-corrected chi connectivity index (χ1v) is 47.6. The summed E-state index contributed by atoms with van der Waals surface area (Å²) in [5, 5.41) is 65.3. The van der Waals surface area contributed by atoms with Crippen molar-refractivity contribution in [2.75, 3.05) is 45.9 Å². The summed E-state index contributed by atoms with van der Waals surface area (Å²) in [6.45, 7) is 31.9. The molecule has 14 atom stereocenters. The molecule has 18 N–H and O–H groups in total. The smallest absolute Gasteiger partial charge is 0.410 e. The first-order valence-electron chi connectivity index (χ1n) is 47.6. The number of hydrogen-bond donors (Lipinski definition) is 18. The van der Waals surface area contributed by atoms with Crippen LogP contribution in [-0.4, -0.2) is 295 Å². The monoisotopic (exact) mass is 2030 g/mol. The topological polar surface area (TPSA) is 634 Å². The van der Waals surface area contributed by atoms with Gasteiger partial charge in [0.2, 0.25) is 70.9 Å². The van der Waals surface area contributed by atoms with E-state index in [9.17, 15) is 67.7 Å². The summed E-state index contributed by atoms with van der Waals surface area (Å²) in [6, 6.07) is -6.64. The normalized spacial score (nSPS) is 19.8. The Kier molecular flexibility index (Phi) is 41.7. The highest BCUT2D eigenvalue weighted by molar-refractivity contribution is 6.00. The number of aromatic amines is 1. The molecule has 0 aliphatic carbocycles. The number of nitrogens with one attached hydrogen (secondary N) is 16. The number of H-pyrrole nitrogens is 1. The van der Waals surface area contributed by atoms with E-state index in [2.05, 4.69) is 94.8 Å². The number of aromatic nitrogens is 4. The Hall–Kier alpha value is -14.0. The highest BCUT2D eigenvalue weighted by Gasteiger charge is 2.43. The van der Waals surface area contributed by atoms with E-state index in [1.54, 1.807) is 167 Å². The Morgan fingerprint density at radius 1 is 0.562 bits per heavy atom. The molecule has 5 aromatic rings. The largest absolute Gasteiger partial charge is 0.488 e.